The van der Waals surface area contributed by atoms with Crippen LogP contribution in [0.1, 0.15) is 50.7 Å². The smallest absolute Gasteiger partial charge is 0.0818 e. The van der Waals surface area contributed by atoms with Gasteiger partial charge in [0, 0.05) is 8.95 Å². The molecule has 0 heterocycles. The van der Waals surface area contributed by atoms with Gasteiger partial charge in [-0.15, -0.1) is 0 Å². The van der Waals surface area contributed by atoms with Crippen molar-refractivity contribution < 1.29 is 5.11 Å². The molecule has 0 radical (unpaired) electrons. The maximum absolute atomic E-state index is 10.5. The first-order valence-corrected chi connectivity index (χ1v) is 8.33. The molecule has 0 spiro atoms. The van der Waals surface area contributed by atoms with E-state index in [1.807, 2.05) is 18.2 Å². The zero-order valence-corrected chi connectivity index (χ0v) is 13.9. The van der Waals surface area contributed by atoms with Crippen molar-refractivity contribution in [3.63, 3.8) is 0 Å². The van der Waals surface area contributed by atoms with E-state index in [0.29, 0.717) is 5.92 Å². The van der Waals surface area contributed by atoms with E-state index >= 15 is 0 Å². The lowest BCUT2D eigenvalue weighted by atomic mass is 9.76. The summed E-state index contributed by atoms with van der Waals surface area (Å²) < 4.78 is 2.05. The summed E-state index contributed by atoms with van der Waals surface area (Å²) in [4.78, 5) is 0. The van der Waals surface area contributed by atoms with Gasteiger partial charge < -0.3 is 5.11 Å². The predicted octanol–water partition coefficient (Wildman–Crippen LogP) is 5.46. The lowest BCUT2D eigenvalue weighted by Crippen LogP contribution is -2.21. The minimum atomic E-state index is -0.316. The van der Waals surface area contributed by atoms with Gasteiger partial charge in [-0.3, -0.25) is 0 Å². The van der Waals surface area contributed by atoms with Crippen LogP contribution in [-0.4, -0.2) is 5.11 Å². The normalized spacial score (nSPS) is 26.0. The first-order chi connectivity index (χ1) is 8.61. The predicted molar refractivity (Wildman–Crippen MR) is 82.5 cm³/mol. The van der Waals surface area contributed by atoms with Gasteiger partial charge in [-0.1, -0.05) is 32.3 Å². The lowest BCUT2D eigenvalue weighted by Gasteiger charge is -2.32. The molecule has 0 bridgehead atoms. The van der Waals surface area contributed by atoms with E-state index in [0.717, 1.165) is 26.8 Å². The minimum Gasteiger partial charge on any atom is -0.388 e. The number of hydrogen-bond acceptors (Lipinski definition) is 1. The molecule has 100 valence electrons. The molecule has 1 N–H and O–H groups in total. The molecule has 3 unspecified atom stereocenters. The Morgan fingerprint density at radius 2 is 2.06 bits per heavy atom. The van der Waals surface area contributed by atoms with Gasteiger partial charge in [-0.05, 0) is 74.2 Å². The molecule has 18 heavy (non-hydrogen) atoms. The van der Waals surface area contributed by atoms with Gasteiger partial charge in [-0.25, -0.2) is 0 Å². The average Bonchev–Trinajstić information content (AvgIpc) is 2.41. The van der Waals surface area contributed by atoms with Crippen LogP contribution in [0.2, 0.25) is 0 Å². The van der Waals surface area contributed by atoms with Gasteiger partial charge >= 0.3 is 0 Å². The van der Waals surface area contributed by atoms with Crippen LogP contribution >= 0.6 is 31.9 Å². The molecule has 1 aromatic carbocycles. The van der Waals surface area contributed by atoms with Crippen LogP contribution in [0.3, 0.4) is 0 Å². The van der Waals surface area contributed by atoms with Crippen molar-refractivity contribution in [1.82, 2.24) is 0 Å². The van der Waals surface area contributed by atoms with E-state index in [1.165, 1.54) is 25.7 Å². The van der Waals surface area contributed by atoms with Gasteiger partial charge in [0.1, 0.15) is 0 Å². The van der Waals surface area contributed by atoms with E-state index in [-0.39, 0.29) is 6.10 Å². The SMILES string of the molecule is CCC1CCCC(C(O)c2ccc(Br)c(Br)c2)C1. The van der Waals surface area contributed by atoms with E-state index in [4.69, 9.17) is 0 Å². The molecule has 3 heteroatoms. The lowest BCUT2D eigenvalue weighted by molar-refractivity contribution is 0.0677. The van der Waals surface area contributed by atoms with Crippen molar-refractivity contribution >= 4 is 31.9 Å². The van der Waals surface area contributed by atoms with Crippen molar-refractivity contribution in [1.29, 1.82) is 0 Å². The second-order valence-corrected chi connectivity index (χ2v) is 7.03. The molecule has 0 aliphatic heterocycles. The Balaban J connectivity index is 2.10. The molecule has 0 aromatic heterocycles. The molecule has 1 aliphatic carbocycles. The Kier molecular flexibility index (Phi) is 5.28. The fraction of sp³-hybridized carbons (Fsp3) is 0.600. The molecular weight excluding hydrogens is 356 g/mol. The number of benzene rings is 1. The third kappa shape index (κ3) is 3.37. The zero-order chi connectivity index (χ0) is 13.1. The summed E-state index contributed by atoms with van der Waals surface area (Å²) >= 11 is 6.97. The largest absolute Gasteiger partial charge is 0.388 e. The molecule has 1 aliphatic rings. The summed E-state index contributed by atoms with van der Waals surface area (Å²) in [6.45, 7) is 2.26. The number of rotatable bonds is 3. The van der Waals surface area contributed by atoms with E-state index < -0.39 is 0 Å². The van der Waals surface area contributed by atoms with Crippen molar-refractivity contribution in [3.8, 4) is 0 Å². The third-order valence-corrected chi connectivity index (χ3v) is 6.01. The Labute approximate surface area is 126 Å². The second-order valence-electron chi connectivity index (χ2n) is 5.32. The molecule has 0 amide bonds. The Hall–Kier alpha value is 0.140. The summed E-state index contributed by atoms with van der Waals surface area (Å²) in [5, 5.41) is 10.5. The van der Waals surface area contributed by atoms with Crippen molar-refractivity contribution in [2.75, 3.05) is 0 Å². The first kappa shape index (κ1) is 14.5. The van der Waals surface area contributed by atoms with Crippen LogP contribution < -0.4 is 0 Å². The van der Waals surface area contributed by atoms with Gasteiger partial charge in [0.25, 0.3) is 0 Å². The highest BCUT2D eigenvalue weighted by molar-refractivity contribution is 9.13. The molecule has 0 saturated heterocycles. The average molecular weight is 376 g/mol. The number of hydrogen-bond donors (Lipinski definition) is 1. The topological polar surface area (TPSA) is 20.2 Å². The van der Waals surface area contributed by atoms with Crippen molar-refractivity contribution in [2.45, 2.75) is 45.1 Å². The van der Waals surface area contributed by atoms with Crippen LogP contribution in [0.4, 0.5) is 0 Å². The standard InChI is InChI=1S/C15H20Br2O/c1-2-10-4-3-5-11(8-10)15(18)12-6-7-13(16)14(17)9-12/h6-7,9-11,15,18H,2-5,8H2,1H3. The monoisotopic (exact) mass is 374 g/mol. The Bertz CT molecular complexity index is 405. The summed E-state index contributed by atoms with van der Waals surface area (Å²) in [7, 11) is 0. The molecular formula is C15H20Br2O. The summed E-state index contributed by atoms with van der Waals surface area (Å²) in [5.41, 5.74) is 1.03. The quantitative estimate of drug-likeness (QED) is 0.743. The highest BCUT2D eigenvalue weighted by Gasteiger charge is 2.27. The molecule has 2 rings (SSSR count). The van der Waals surface area contributed by atoms with Crippen LogP contribution in [-0.2, 0) is 0 Å². The van der Waals surface area contributed by atoms with E-state index in [9.17, 15) is 5.11 Å². The second kappa shape index (κ2) is 6.53. The first-order valence-electron chi connectivity index (χ1n) is 6.74. The maximum atomic E-state index is 10.5. The fourth-order valence-electron chi connectivity index (χ4n) is 2.96. The number of aliphatic hydroxyl groups is 1. The van der Waals surface area contributed by atoms with Crippen LogP contribution in [0.25, 0.3) is 0 Å². The van der Waals surface area contributed by atoms with Gasteiger partial charge in [0.2, 0.25) is 0 Å². The molecule has 3 atom stereocenters. The molecule has 1 nitrogen and oxygen atoms in total. The zero-order valence-electron chi connectivity index (χ0n) is 10.7. The van der Waals surface area contributed by atoms with E-state index in [2.05, 4.69) is 38.8 Å². The number of aliphatic hydroxyl groups excluding tert-OH is 1. The maximum Gasteiger partial charge on any atom is 0.0818 e. The van der Waals surface area contributed by atoms with Gasteiger partial charge in [0.15, 0.2) is 0 Å². The summed E-state index contributed by atoms with van der Waals surface area (Å²) in [6.07, 6.45) is 5.86. The fourth-order valence-corrected chi connectivity index (χ4v) is 3.60. The highest BCUT2D eigenvalue weighted by Crippen LogP contribution is 2.39. The summed E-state index contributed by atoms with van der Waals surface area (Å²) in [5.74, 6) is 1.23. The van der Waals surface area contributed by atoms with Crippen LogP contribution in [0, 0.1) is 11.8 Å². The Morgan fingerprint density at radius 3 is 2.72 bits per heavy atom. The van der Waals surface area contributed by atoms with Gasteiger partial charge in [0.05, 0.1) is 6.10 Å². The highest BCUT2D eigenvalue weighted by atomic mass is 79.9. The summed E-state index contributed by atoms with van der Waals surface area (Å²) in [6, 6.07) is 6.06. The van der Waals surface area contributed by atoms with Crippen LogP contribution in [0.15, 0.2) is 27.1 Å². The molecule has 1 aromatic rings. The molecule has 1 fully saturated rings. The molecule has 1 saturated carbocycles. The third-order valence-electron chi connectivity index (χ3n) is 4.13. The number of halogens is 2. The van der Waals surface area contributed by atoms with Crippen molar-refractivity contribution in [2.24, 2.45) is 11.8 Å². The van der Waals surface area contributed by atoms with Crippen molar-refractivity contribution in [3.05, 3.63) is 32.7 Å². The van der Waals surface area contributed by atoms with Crippen LogP contribution in [0.5, 0.6) is 0 Å². The Morgan fingerprint density at radius 1 is 1.28 bits per heavy atom. The van der Waals surface area contributed by atoms with E-state index in [1.54, 1.807) is 0 Å². The van der Waals surface area contributed by atoms with Gasteiger partial charge in [-0.2, -0.15) is 0 Å². The minimum absolute atomic E-state index is 0.316.